The summed E-state index contributed by atoms with van der Waals surface area (Å²) in [4.78, 5) is 0. The van der Waals surface area contributed by atoms with E-state index in [0.29, 0.717) is 60.3 Å². The van der Waals surface area contributed by atoms with Crippen LogP contribution in [-0.4, -0.2) is 56.1 Å². The molecule has 152 valence electrons. The largest absolute Gasteiger partial charge is 0.370 e. The van der Waals surface area contributed by atoms with Crippen molar-refractivity contribution < 1.29 is 23.7 Å². The lowest BCUT2D eigenvalue weighted by atomic mass is 9.80. The van der Waals surface area contributed by atoms with E-state index in [1.54, 1.807) is 0 Å². The van der Waals surface area contributed by atoms with Crippen LogP contribution in [0.2, 0.25) is 0 Å². The molecule has 27 heavy (non-hydrogen) atoms. The molecule has 5 nitrogen and oxygen atoms in total. The Morgan fingerprint density at radius 3 is 1.78 bits per heavy atom. The first-order valence-electron chi connectivity index (χ1n) is 11.4. The van der Waals surface area contributed by atoms with Gasteiger partial charge in [0.05, 0.1) is 49.8 Å². The summed E-state index contributed by atoms with van der Waals surface area (Å²) >= 11 is 0. The molecular weight excluding hydrogens is 344 g/mol. The van der Waals surface area contributed by atoms with Gasteiger partial charge in [0.1, 0.15) is 0 Å². The Morgan fingerprint density at radius 2 is 1.19 bits per heavy atom. The fraction of sp³-hybridized carbons (Fsp3) is 1.00. The van der Waals surface area contributed by atoms with Gasteiger partial charge in [-0.15, -0.1) is 0 Å². The van der Waals surface area contributed by atoms with Crippen molar-refractivity contribution in [2.75, 3.05) is 13.2 Å². The van der Waals surface area contributed by atoms with Gasteiger partial charge in [0.2, 0.25) is 0 Å². The minimum absolute atomic E-state index is 0.0687. The van der Waals surface area contributed by atoms with E-state index in [1.165, 1.54) is 44.9 Å². The second-order valence-corrected chi connectivity index (χ2v) is 10.1. The van der Waals surface area contributed by atoms with Crippen LogP contribution >= 0.6 is 0 Å². The van der Waals surface area contributed by atoms with Crippen LogP contribution in [-0.2, 0) is 23.7 Å². The van der Waals surface area contributed by atoms with E-state index in [2.05, 4.69) is 6.92 Å². The van der Waals surface area contributed by atoms with E-state index in [-0.39, 0.29) is 6.29 Å². The van der Waals surface area contributed by atoms with Crippen LogP contribution in [0.25, 0.3) is 0 Å². The molecule has 10 unspecified atom stereocenters. The van der Waals surface area contributed by atoms with Crippen molar-refractivity contribution in [3.63, 3.8) is 0 Å². The molecule has 0 spiro atoms. The minimum Gasteiger partial charge on any atom is -0.370 e. The molecule has 0 aromatic heterocycles. The molecule has 6 aliphatic rings. The number of ether oxygens (including phenoxy) is 5. The van der Waals surface area contributed by atoms with Crippen molar-refractivity contribution in [2.24, 2.45) is 23.7 Å². The summed E-state index contributed by atoms with van der Waals surface area (Å²) in [6.07, 6.45) is 12.6. The summed E-state index contributed by atoms with van der Waals surface area (Å²) in [5.74, 6) is 2.36. The summed E-state index contributed by atoms with van der Waals surface area (Å²) in [5, 5.41) is 0. The van der Waals surface area contributed by atoms with Crippen LogP contribution in [0.5, 0.6) is 0 Å². The Morgan fingerprint density at radius 1 is 0.667 bits per heavy atom. The molecule has 0 N–H and O–H groups in total. The predicted octanol–water partition coefficient (Wildman–Crippen LogP) is 3.29. The first-order chi connectivity index (χ1) is 13.2. The zero-order valence-corrected chi connectivity index (χ0v) is 16.5. The Balaban J connectivity index is 1.06. The number of fused-ring (bicyclic) bond motifs is 3. The maximum absolute atomic E-state index is 6.49. The van der Waals surface area contributed by atoms with Crippen LogP contribution in [0, 0.1) is 23.7 Å². The van der Waals surface area contributed by atoms with Gasteiger partial charge in [-0.2, -0.15) is 0 Å². The molecule has 10 atom stereocenters. The summed E-state index contributed by atoms with van der Waals surface area (Å²) in [5.41, 5.74) is 0. The van der Waals surface area contributed by atoms with Crippen molar-refractivity contribution in [2.45, 2.75) is 101 Å². The van der Waals surface area contributed by atoms with Gasteiger partial charge in [-0.1, -0.05) is 6.92 Å². The van der Waals surface area contributed by atoms with Crippen molar-refractivity contribution >= 4 is 0 Å². The van der Waals surface area contributed by atoms with E-state index in [4.69, 9.17) is 23.7 Å². The van der Waals surface area contributed by atoms with Crippen molar-refractivity contribution in [3.05, 3.63) is 0 Å². The van der Waals surface area contributed by atoms with Gasteiger partial charge in [0.25, 0.3) is 0 Å². The average Bonchev–Trinajstić information content (AvgIpc) is 3.55. The first kappa shape index (κ1) is 17.6. The fourth-order valence-corrected chi connectivity index (χ4v) is 6.05. The number of hydrogen-bond acceptors (Lipinski definition) is 5. The van der Waals surface area contributed by atoms with Gasteiger partial charge < -0.3 is 23.7 Å². The highest BCUT2D eigenvalue weighted by molar-refractivity contribution is 4.96. The fourth-order valence-electron chi connectivity index (χ4n) is 6.05. The molecule has 3 saturated heterocycles. The highest BCUT2D eigenvalue weighted by Gasteiger charge is 2.50. The number of hydrogen-bond donors (Lipinski definition) is 0. The maximum atomic E-state index is 6.49. The van der Waals surface area contributed by atoms with Gasteiger partial charge in [-0.3, -0.25) is 0 Å². The standard InChI is InChI=1S/C22H34O5/c1-12-6-18-21(27-18)9-15(12)22(23-10-13-2-4-16-19(7-13)25-16)24-11-14-3-5-17-20(8-14)26-17/h12-22H,2-11H2,1H3. The normalized spacial score (nSPS) is 53.7. The molecule has 3 saturated carbocycles. The molecule has 6 fully saturated rings. The van der Waals surface area contributed by atoms with E-state index in [0.717, 1.165) is 19.6 Å². The van der Waals surface area contributed by atoms with Gasteiger partial charge >= 0.3 is 0 Å². The second-order valence-electron chi connectivity index (χ2n) is 10.1. The lowest BCUT2D eigenvalue weighted by Crippen LogP contribution is -2.38. The third-order valence-electron chi connectivity index (χ3n) is 8.09. The SMILES string of the molecule is CC1CC2OC2CC1C(OCC1CCC2OC2C1)OCC1CCC2OC2C1. The maximum Gasteiger partial charge on any atom is 0.160 e. The van der Waals surface area contributed by atoms with Crippen LogP contribution in [0.3, 0.4) is 0 Å². The van der Waals surface area contributed by atoms with Crippen molar-refractivity contribution in [3.8, 4) is 0 Å². The zero-order chi connectivity index (χ0) is 18.0. The highest BCUT2D eigenvalue weighted by atomic mass is 16.7. The van der Waals surface area contributed by atoms with Gasteiger partial charge in [0, 0.05) is 5.92 Å². The van der Waals surface area contributed by atoms with Crippen molar-refractivity contribution in [1.29, 1.82) is 0 Å². The van der Waals surface area contributed by atoms with Crippen LogP contribution in [0.15, 0.2) is 0 Å². The molecule has 0 radical (unpaired) electrons. The van der Waals surface area contributed by atoms with E-state index in [1.807, 2.05) is 0 Å². The molecule has 5 heteroatoms. The van der Waals surface area contributed by atoms with E-state index < -0.39 is 0 Å². The molecule has 6 rings (SSSR count). The highest BCUT2D eigenvalue weighted by Crippen LogP contribution is 2.46. The number of rotatable bonds is 7. The van der Waals surface area contributed by atoms with Crippen LogP contribution in [0.4, 0.5) is 0 Å². The third-order valence-corrected chi connectivity index (χ3v) is 8.09. The monoisotopic (exact) mass is 378 g/mol. The van der Waals surface area contributed by atoms with Crippen molar-refractivity contribution in [1.82, 2.24) is 0 Å². The smallest absolute Gasteiger partial charge is 0.160 e. The summed E-state index contributed by atoms with van der Waals surface area (Å²) in [6.45, 7) is 4.01. The zero-order valence-electron chi connectivity index (χ0n) is 16.5. The lowest BCUT2D eigenvalue weighted by molar-refractivity contribution is -0.199. The molecule has 3 aliphatic heterocycles. The Labute approximate surface area is 162 Å². The molecule has 3 aliphatic carbocycles. The Hall–Kier alpha value is -0.200. The molecule has 0 aromatic rings. The molecular formula is C22H34O5. The lowest BCUT2D eigenvalue weighted by Gasteiger charge is -2.35. The van der Waals surface area contributed by atoms with Gasteiger partial charge in [0.15, 0.2) is 6.29 Å². The quantitative estimate of drug-likeness (QED) is 0.503. The van der Waals surface area contributed by atoms with Crippen LogP contribution < -0.4 is 0 Å². The molecule has 0 aromatic carbocycles. The summed E-state index contributed by atoms with van der Waals surface area (Å²) in [6, 6.07) is 0. The Bertz CT molecular complexity index is 523. The first-order valence-corrected chi connectivity index (χ1v) is 11.4. The Kier molecular flexibility index (Phi) is 4.54. The minimum atomic E-state index is -0.0687. The molecule has 3 heterocycles. The summed E-state index contributed by atoms with van der Waals surface area (Å²) in [7, 11) is 0. The molecule has 0 bridgehead atoms. The van der Waals surface area contributed by atoms with Crippen LogP contribution in [0.1, 0.15) is 58.3 Å². The predicted molar refractivity (Wildman–Crippen MR) is 98.2 cm³/mol. The summed E-state index contributed by atoms with van der Waals surface area (Å²) < 4.78 is 30.2. The van der Waals surface area contributed by atoms with Gasteiger partial charge in [-0.05, 0) is 69.1 Å². The van der Waals surface area contributed by atoms with E-state index in [9.17, 15) is 0 Å². The van der Waals surface area contributed by atoms with E-state index >= 15 is 0 Å². The average molecular weight is 379 g/mol. The number of epoxide rings is 3. The topological polar surface area (TPSA) is 56.0 Å². The molecule has 0 amide bonds. The van der Waals surface area contributed by atoms with Gasteiger partial charge in [-0.25, -0.2) is 0 Å². The third kappa shape index (κ3) is 3.83. The second kappa shape index (κ2) is 6.94.